The van der Waals surface area contributed by atoms with Gasteiger partial charge in [0, 0.05) is 36.4 Å². The van der Waals surface area contributed by atoms with Crippen LogP contribution in [0.25, 0.3) is 0 Å². The van der Waals surface area contributed by atoms with Crippen molar-refractivity contribution in [3.63, 3.8) is 0 Å². The number of nitrogens with one attached hydrogen (secondary N) is 1. The molecule has 7 heteroatoms. The lowest BCUT2D eigenvalue weighted by Gasteiger charge is -2.29. The summed E-state index contributed by atoms with van der Waals surface area (Å²) in [5.74, 6) is 2.24. The van der Waals surface area contributed by atoms with E-state index in [0.29, 0.717) is 18.2 Å². The van der Waals surface area contributed by atoms with Crippen LogP contribution in [0.3, 0.4) is 0 Å². The number of likely N-dealkylation sites (tertiary alicyclic amines) is 1. The smallest absolute Gasteiger partial charge is 0.270 e. The number of anilines is 2. The summed E-state index contributed by atoms with van der Waals surface area (Å²) in [6.45, 7) is 2.98. The van der Waals surface area contributed by atoms with Crippen molar-refractivity contribution in [2.75, 3.05) is 31.1 Å². The van der Waals surface area contributed by atoms with Gasteiger partial charge < -0.3 is 25.3 Å². The van der Waals surface area contributed by atoms with Crippen LogP contribution in [0, 0.1) is 5.92 Å². The number of fused-ring (bicyclic) bond motifs is 1. The number of nitrogens with zero attached hydrogens (tertiary/aromatic N) is 2. The van der Waals surface area contributed by atoms with E-state index in [1.165, 1.54) is 19.3 Å². The SMILES string of the molecule is NC(c1cc(N2CCOc3cc(C(=O)N4CCCCC4)[nH]c32)ccc1[SH2+])C1CC1. The van der Waals surface area contributed by atoms with Gasteiger partial charge in [-0.15, -0.1) is 0 Å². The Morgan fingerprint density at radius 1 is 1.17 bits per heavy atom. The Hall–Kier alpha value is -2.12. The highest BCUT2D eigenvalue weighted by molar-refractivity contribution is 7.58. The number of nitrogens with two attached hydrogens (primary N) is 1. The van der Waals surface area contributed by atoms with Gasteiger partial charge in [-0.25, -0.2) is 0 Å². The van der Waals surface area contributed by atoms with Gasteiger partial charge in [0.05, 0.1) is 6.54 Å². The molecule has 1 aliphatic carbocycles. The molecule has 3 aliphatic rings. The first-order valence-electron chi connectivity index (χ1n) is 10.7. The van der Waals surface area contributed by atoms with Gasteiger partial charge in [0.2, 0.25) is 0 Å². The molecular weight excluding hydrogens is 384 g/mol. The molecule has 2 aromatic rings. The summed E-state index contributed by atoms with van der Waals surface area (Å²) in [5, 5.41) is 0. The fourth-order valence-corrected chi connectivity index (χ4v) is 4.76. The molecule has 1 aromatic carbocycles. The first-order valence-corrected chi connectivity index (χ1v) is 11.2. The van der Waals surface area contributed by atoms with Gasteiger partial charge in [-0.1, -0.05) is 0 Å². The second-order valence-electron chi connectivity index (χ2n) is 8.38. The van der Waals surface area contributed by atoms with Crippen molar-refractivity contribution in [2.45, 2.75) is 43.0 Å². The zero-order valence-corrected chi connectivity index (χ0v) is 17.6. The average Bonchev–Trinajstić information content (AvgIpc) is 3.51. The fraction of sp³-hybridized carbons (Fsp3) is 0.500. The lowest BCUT2D eigenvalue weighted by molar-refractivity contribution is 0.0719. The number of H-pyrrole nitrogens is 1. The van der Waals surface area contributed by atoms with Crippen LogP contribution in [0.2, 0.25) is 0 Å². The lowest BCUT2D eigenvalue weighted by Crippen LogP contribution is -2.35. The monoisotopic (exact) mass is 413 g/mol. The maximum atomic E-state index is 12.9. The molecule has 1 aromatic heterocycles. The Bertz CT molecular complexity index is 918. The van der Waals surface area contributed by atoms with Crippen molar-refractivity contribution >= 4 is 30.0 Å². The van der Waals surface area contributed by atoms with E-state index < -0.39 is 0 Å². The Labute approximate surface area is 176 Å². The molecule has 3 N–H and O–H groups in total. The number of carbonyl (C=O) groups excluding carboxylic acids is 1. The zero-order chi connectivity index (χ0) is 20.0. The van der Waals surface area contributed by atoms with Gasteiger partial charge in [0.25, 0.3) is 5.91 Å². The van der Waals surface area contributed by atoms with Crippen molar-refractivity contribution in [1.82, 2.24) is 9.88 Å². The highest BCUT2D eigenvalue weighted by atomic mass is 32.1. The molecule has 5 rings (SSSR count). The van der Waals surface area contributed by atoms with Crippen LogP contribution < -0.4 is 15.4 Å². The van der Waals surface area contributed by atoms with Crippen molar-refractivity contribution in [3.05, 3.63) is 35.5 Å². The summed E-state index contributed by atoms with van der Waals surface area (Å²) >= 11 is 3.73. The summed E-state index contributed by atoms with van der Waals surface area (Å²) in [6, 6.07) is 8.25. The Balaban J connectivity index is 1.44. The standard InChI is InChI=1S/C22H28N4O2S/c23-20(14-4-5-14)16-12-15(6-7-19(16)29)26-10-11-28-18-13-17(24-21(18)26)22(27)25-8-2-1-3-9-25/h6-7,12-14,20,24,29H,1-5,8-11,23H2/p+1. The molecule has 2 aliphatic heterocycles. The van der Waals surface area contributed by atoms with E-state index in [-0.39, 0.29) is 11.9 Å². The van der Waals surface area contributed by atoms with Crippen LogP contribution in [0.4, 0.5) is 11.5 Å². The molecule has 1 unspecified atom stereocenters. The van der Waals surface area contributed by atoms with Gasteiger partial charge in [-0.3, -0.25) is 4.79 Å². The number of hydrogen-bond acceptors (Lipinski definition) is 4. The quantitative estimate of drug-likeness (QED) is 0.756. The van der Waals surface area contributed by atoms with Crippen molar-refractivity contribution in [2.24, 2.45) is 11.7 Å². The number of hydrogen-bond donors (Lipinski definition) is 2. The largest absolute Gasteiger partial charge is 0.488 e. The predicted octanol–water partition coefficient (Wildman–Crippen LogP) is 2.95. The molecule has 0 radical (unpaired) electrons. The molecular formula is C22H29N4O2S+. The molecule has 3 heterocycles. The van der Waals surface area contributed by atoms with E-state index in [0.717, 1.165) is 60.2 Å². The topological polar surface area (TPSA) is 74.6 Å². The van der Waals surface area contributed by atoms with Gasteiger partial charge in [0.15, 0.2) is 16.5 Å². The van der Waals surface area contributed by atoms with Crippen LogP contribution in [0.5, 0.6) is 5.75 Å². The zero-order valence-electron chi connectivity index (χ0n) is 16.6. The molecule has 0 bridgehead atoms. The summed E-state index contributed by atoms with van der Waals surface area (Å²) in [4.78, 5) is 21.5. The van der Waals surface area contributed by atoms with E-state index in [1.807, 2.05) is 11.0 Å². The number of ether oxygens (including phenoxy) is 1. The number of rotatable bonds is 4. The molecule has 154 valence electrons. The summed E-state index contributed by atoms with van der Waals surface area (Å²) in [7, 11) is 0. The maximum Gasteiger partial charge on any atom is 0.270 e. The third kappa shape index (κ3) is 3.62. The van der Waals surface area contributed by atoms with E-state index >= 15 is 0 Å². The molecule has 2 fully saturated rings. The lowest BCUT2D eigenvalue weighted by atomic mass is 10.0. The highest BCUT2D eigenvalue weighted by Crippen LogP contribution is 2.43. The Morgan fingerprint density at radius 3 is 2.72 bits per heavy atom. The van der Waals surface area contributed by atoms with E-state index in [9.17, 15) is 4.79 Å². The van der Waals surface area contributed by atoms with E-state index in [2.05, 4.69) is 40.7 Å². The minimum Gasteiger partial charge on any atom is -0.488 e. The van der Waals surface area contributed by atoms with Crippen LogP contribution >= 0.6 is 0 Å². The number of amides is 1. The van der Waals surface area contributed by atoms with Crippen LogP contribution in [0.15, 0.2) is 29.2 Å². The van der Waals surface area contributed by atoms with E-state index in [1.54, 1.807) is 0 Å². The van der Waals surface area contributed by atoms with Gasteiger partial charge in [0.1, 0.15) is 12.3 Å². The molecule has 1 amide bonds. The normalized spacial score (nSPS) is 20.2. The second-order valence-corrected chi connectivity index (χ2v) is 8.92. The van der Waals surface area contributed by atoms with Crippen LogP contribution in [-0.2, 0) is 12.6 Å². The minimum absolute atomic E-state index is 0.0582. The first kappa shape index (κ1) is 18.9. The molecule has 6 nitrogen and oxygen atoms in total. The molecule has 1 atom stereocenters. The third-order valence-electron chi connectivity index (χ3n) is 6.31. The van der Waals surface area contributed by atoms with Gasteiger partial charge in [-0.2, -0.15) is 0 Å². The third-order valence-corrected chi connectivity index (χ3v) is 6.77. The second kappa shape index (κ2) is 7.61. The van der Waals surface area contributed by atoms with Crippen molar-refractivity contribution in [3.8, 4) is 5.75 Å². The summed E-state index contributed by atoms with van der Waals surface area (Å²) in [5.41, 5.74) is 9.31. The number of carbonyl (C=O) groups is 1. The van der Waals surface area contributed by atoms with Crippen LogP contribution in [-0.4, -0.2) is 42.0 Å². The van der Waals surface area contributed by atoms with Crippen molar-refractivity contribution < 1.29 is 9.53 Å². The number of aromatic nitrogens is 1. The van der Waals surface area contributed by atoms with Gasteiger partial charge >= 0.3 is 0 Å². The summed E-state index contributed by atoms with van der Waals surface area (Å²) < 4.78 is 5.87. The predicted molar refractivity (Wildman–Crippen MR) is 118 cm³/mol. The molecule has 29 heavy (non-hydrogen) atoms. The number of piperidine rings is 1. The Morgan fingerprint density at radius 2 is 1.97 bits per heavy atom. The fourth-order valence-electron chi connectivity index (χ4n) is 4.44. The molecule has 0 spiro atoms. The molecule has 1 saturated heterocycles. The highest BCUT2D eigenvalue weighted by Gasteiger charge is 2.33. The summed E-state index contributed by atoms with van der Waals surface area (Å²) in [6.07, 6.45) is 5.78. The average molecular weight is 414 g/mol. The number of aromatic amines is 1. The van der Waals surface area contributed by atoms with Crippen LogP contribution in [0.1, 0.15) is 54.2 Å². The number of benzene rings is 1. The van der Waals surface area contributed by atoms with Crippen molar-refractivity contribution in [1.29, 1.82) is 0 Å². The molecule has 1 saturated carbocycles. The van der Waals surface area contributed by atoms with Gasteiger partial charge in [-0.05, 0) is 68.8 Å². The maximum absolute atomic E-state index is 12.9. The van der Waals surface area contributed by atoms with E-state index in [4.69, 9.17) is 10.5 Å². The first-order chi connectivity index (χ1) is 14.1. The minimum atomic E-state index is 0.0582. The Kier molecular flexibility index (Phi) is 4.95.